The van der Waals surface area contributed by atoms with Crippen LogP contribution in [-0.4, -0.2) is 11.9 Å². The Labute approximate surface area is 75.2 Å². The molecule has 0 spiro atoms. The second kappa shape index (κ2) is 10.8. The first-order chi connectivity index (χ1) is 3.46. The van der Waals surface area contributed by atoms with E-state index in [1.165, 1.54) is 0 Å². The van der Waals surface area contributed by atoms with Crippen LogP contribution in [0, 0.1) is 0 Å². The van der Waals surface area contributed by atoms with Gasteiger partial charge in [0, 0.05) is 11.9 Å². The van der Waals surface area contributed by atoms with Crippen molar-refractivity contribution in [3.05, 3.63) is 0 Å². The van der Waals surface area contributed by atoms with Gasteiger partial charge in [0.15, 0.2) is 0 Å². The molecule has 9 heavy (non-hydrogen) atoms. The molecular formula is C4H6NaO4-. The summed E-state index contributed by atoms with van der Waals surface area (Å²) in [6.45, 7) is 1.94. The van der Waals surface area contributed by atoms with Crippen molar-refractivity contribution in [2.75, 3.05) is 0 Å². The van der Waals surface area contributed by atoms with Crippen molar-refractivity contribution in [3.8, 4) is 0 Å². The minimum Gasteiger partial charge on any atom is -0.550 e. The molecule has 48 valence electrons. The topological polar surface area (TPSA) is 80.3 Å². The number of carbonyl (C=O) groups excluding carboxylic acids is 2. The van der Waals surface area contributed by atoms with Crippen molar-refractivity contribution >= 4 is 11.9 Å². The third kappa shape index (κ3) is 77800. The number of hydrogen-bond acceptors (Lipinski definition) is 4. The van der Waals surface area contributed by atoms with E-state index < -0.39 is 11.9 Å². The van der Waals surface area contributed by atoms with E-state index in [4.69, 9.17) is 19.8 Å². The molecule has 0 aromatic rings. The predicted molar refractivity (Wildman–Crippen MR) is 21.4 cm³/mol. The Hall–Kier alpha value is -0.0600. The van der Waals surface area contributed by atoms with Crippen molar-refractivity contribution in [2.45, 2.75) is 13.8 Å². The fourth-order valence-corrected chi connectivity index (χ4v) is 0. The third-order valence-corrected chi connectivity index (χ3v) is 0. The Morgan fingerprint density at radius 3 is 1.00 bits per heavy atom. The summed E-state index contributed by atoms with van der Waals surface area (Å²) >= 11 is 0. The fourth-order valence-electron chi connectivity index (χ4n) is 0. The van der Waals surface area contributed by atoms with Gasteiger partial charge in [-0.3, -0.25) is 0 Å². The number of carbonyl (C=O) groups is 2. The van der Waals surface area contributed by atoms with Gasteiger partial charge < -0.3 is 19.8 Å². The van der Waals surface area contributed by atoms with E-state index in [0.717, 1.165) is 13.8 Å². The van der Waals surface area contributed by atoms with Crippen LogP contribution in [-0.2, 0) is 9.59 Å². The monoisotopic (exact) mass is 141 g/mol. The first-order valence-electron chi connectivity index (χ1n) is 1.82. The Balaban J connectivity index is -0.0000000720. The van der Waals surface area contributed by atoms with Crippen LogP contribution in [0.4, 0.5) is 0 Å². The number of carboxylic acids is 2. The van der Waals surface area contributed by atoms with Gasteiger partial charge >= 0.3 is 29.6 Å². The van der Waals surface area contributed by atoms with Crippen molar-refractivity contribution < 1.29 is 49.4 Å². The van der Waals surface area contributed by atoms with Crippen molar-refractivity contribution in [3.63, 3.8) is 0 Å². The van der Waals surface area contributed by atoms with Gasteiger partial charge in [0.25, 0.3) is 0 Å². The molecule has 0 amide bonds. The minimum absolute atomic E-state index is 0. The molecule has 0 N–H and O–H groups in total. The van der Waals surface area contributed by atoms with Crippen LogP contribution < -0.4 is 39.8 Å². The average Bonchev–Trinajstić information content (AvgIpc) is 1.25. The van der Waals surface area contributed by atoms with Gasteiger partial charge in [0.05, 0.1) is 0 Å². The summed E-state index contributed by atoms with van der Waals surface area (Å²) in [7, 11) is 0. The van der Waals surface area contributed by atoms with Crippen LogP contribution in [0.5, 0.6) is 0 Å². The predicted octanol–water partition coefficient (Wildman–Crippen LogP) is -5.48. The quantitative estimate of drug-likeness (QED) is 0.315. The van der Waals surface area contributed by atoms with Crippen molar-refractivity contribution in [1.82, 2.24) is 0 Å². The SMILES string of the molecule is CC(=O)[O-].CC(=O)[O-].[Na+]. The van der Waals surface area contributed by atoms with Gasteiger partial charge in [0.2, 0.25) is 0 Å². The summed E-state index contributed by atoms with van der Waals surface area (Å²) in [5.41, 5.74) is 0. The van der Waals surface area contributed by atoms with Gasteiger partial charge in [-0.05, 0) is 13.8 Å². The van der Waals surface area contributed by atoms with E-state index >= 15 is 0 Å². The maximum absolute atomic E-state index is 8.89. The fraction of sp³-hybridized carbons (Fsp3) is 0.500. The summed E-state index contributed by atoms with van der Waals surface area (Å²) in [6, 6.07) is 0. The maximum atomic E-state index is 8.89. The molecule has 0 aromatic heterocycles. The zero-order chi connectivity index (χ0) is 7.15. The normalized spacial score (nSPS) is 5.56. The molecule has 0 aromatic carbocycles. The zero-order valence-electron chi connectivity index (χ0n) is 5.63. The van der Waals surface area contributed by atoms with Crippen LogP contribution in [0.3, 0.4) is 0 Å². The van der Waals surface area contributed by atoms with Crippen LogP contribution in [0.25, 0.3) is 0 Å². The summed E-state index contributed by atoms with van der Waals surface area (Å²) in [5, 5.41) is 17.8. The molecule has 0 unspecified atom stereocenters. The molecule has 0 heterocycles. The van der Waals surface area contributed by atoms with E-state index in [2.05, 4.69) is 0 Å². The molecule has 0 aliphatic rings. The smallest absolute Gasteiger partial charge is 0.550 e. The number of aliphatic carboxylic acids is 2. The van der Waals surface area contributed by atoms with Gasteiger partial charge in [0.1, 0.15) is 0 Å². The van der Waals surface area contributed by atoms with Crippen LogP contribution >= 0.6 is 0 Å². The molecule has 0 bridgehead atoms. The molecule has 0 aliphatic heterocycles. The summed E-state index contributed by atoms with van der Waals surface area (Å²) in [4.78, 5) is 17.8. The number of hydrogen-bond donors (Lipinski definition) is 0. The van der Waals surface area contributed by atoms with E-state index in [0.29, 0.717) is 0 Å². The molecule has 0 saturated carbocycles. The Bertz CT molecular complexity index is 70.6. The van der Waals surface area contributed by atoms with Gasteiger partial charge in [-0.15, -0.1) is 0 Å². The summed E-state index contributed by atoms with van der Waals surface area (Å²) < 4.78 is 0. The number of carboxylic acid groups (broad SMARTS) is 2. The third-order valence-electron chi connectivity index (χ3n) is 0. The van der Waals surface area contributed by atoms with Crippen molar-refractivity contribution in [1.29, 1.82) is 0 Å². The largest absolute Gasteiger partial charge is 1.00 e. The van der Waals surface area contributed by atoms with Gasteiger partial charge in [-0.25, -0.2) is 0 Å². The van der Waals surface area contributed by atoms with Crippen LogP contribution in [0.15, 0.2) is 0 Å². The molecule has 0 rings (SSSR count). The zero-order valence-corrected chi connectivity index (χ0v) is 7.63. The second-order valence-electron chi connectivity index (χ2n) is 0.983. The standard InChI is InChI=1S/2C2H4O2.Na/c2*1-2(3)4;/h2*1H3,(H,3,4);/q;;+1/p-2. The number of rotatable bonds is 0. The van der Waals surface area contributed by atoms with E-state index in [1.807, 2.05) is 0 Å². The van der Waals surface area contributed by atoms with Crippen LogP contribution in [0.1, 0.15) is 13.8 Å². The summed E-state index contributed by atoms with van der Waals surface area (Å²) in [5.74, 6) is -2.17. The Morgan fingerprint density at radius 2 is 1.00 bits per heavy atom. The minimum atomic E-state index is -1.08. The maximum Gasteiger partial charge on any atom is 1.00 e. The molecule has 4 nitrogen and oxygen atoms in total. The van der Waals surface area contributed by atoms with E-state index in [9.17, 15) is 0 Å². The Morgan fingerprint density at radius 1 is 1.00 bits per heavy atom. The first-order valence-corrected chi connectivity index (χ1v) is 1.82. The molecule has 5 heteroatoms. The molecule has 0 saturated heterocycles. The van der Waals surface area contributed by atoms with Gasteiger partial charge in [-0.1, -0.05) is 0 Å². The Kier molecular flexibility index (Phi) is 19.2. The molecule has 0 aliphatic carbocycles. The summed E-state index contributed by atoms with van der Waals surface area (Å²) in [6.07, 6.45) is 0. The second-order valence-corrected chi connectivity index (χ2v) is 0.983. The molecule has 0 radical (unpaired) electrons. The first kappa shape index (κ1) is 16.0. The molecule has 0 atom stereocenters. The molecular weight excluding hydrogens is 135 g/mol. The average molecular weight is 141 g/mol. The van der Waals surface area contributed by atoms with E-state index in [-0.39, 0.29) is 29.6 Å². The van der Waals surface area contributed by atoms with Crippen molar-refractivity contribution in [2.24, 2.45) is 0 Å². The van der Waals surface area contributed by atoms with E-state index in [1.54, 1.807) is 0 Å². The van der Waals surface area contributed by atoms with Crippen LogP contribution in [0.2, 0.25) is 0 Å². The van der Waals surface area contributed by atoms with Gasteiger partial charge in [-0.2, -0.15) is 0 Å². The molecule has 0 fully saturated rings.